The second-order valence-electron chi connectivity index (χ2n) is 12.9. The first-order chi connectivity index (χ1) is 21.6. The van der Waals surface area contributed by atoms with Crippen molar-refractivity contribution < 1.29 is 9.57 Å². The van der Waals surface area contributed by atoms with Crippen LogP contribution >= 0.6 is 0 Å². The van der Waals surface area contributed by atoms with E-state index in [1.54, 1.807) is 19.6 Å². The quantitative estimate of drug-likeness (QED) is 0.370. The maximum absolute atomic E-state index is 6.00. The maximum atomic E-state index is 6.00. The number of piperidine rings is 1. The molecule has 1 aromatic carbocycles. The first-order valence-electron chi connectivity index (χ1n) is 16.4. The van der Waals surface area contributed by atoms with E-state index in [1.165, 1.54) is 62.1 Å². The predicted molar refractivity (Wildman–Crippen MR) is 174 cm³/mol. The molecule has 0 bridgehead atoms. The number of nitrogens with zero attached hydrogens (tertiary/aromatic N) is 7. The number of hydrogen-bond acceptors (Lipinski definition) is 10. The first-order valence-corrected chi connectivity index (χ1v) is 16.4. The largest absolute Gasteiger partial charge is 0.494 e. The highest BCUT2D eigenvalue weighted by Gasteiger charge is 2.37. The smallest absolute Gasteiger partial charge is 0.158 e. The number of rotatable bonds is 9. The summed E-state index contributed by atoms with van der Waals surface area (Å²) in [5.41, 5.74) is 4.56. The molecular weight excluding hydrogens is 552 g/mol. The molecule has 0 unspecified atom stereocenters. The summed E-state index contributed by atoms with van der Waals surface area (Å²) >= 11 is 0. The Morgan fingerprint density at radius 2 is 1.86 bits per heavy atom. The van der Waals surface area contributed by atoms with Crippen LogP contribution in [0, 0.1) is 6.92 Å². The molecule has 2 aromatic heterocycles. The van der Waals surface area contributed by atoms with Crippen molar-refractivity contribution in [1.29, 1.82) is 0 Å². The van der Waals surface area contributed by atoms with Gasteiger partial charge in [-0.25, -0.2) is 15.0 Å². The summed E-state index contributed by atoms with van der Waals surface area (Å²) in [6, 6.07) is 12.8. The Hall–Kier alpha value is -3.47. The van der Waals surface area contributed by atoms with Gasteiger partial charge < -0.3 is 15.0 Å². The Balaban J connectivity index is 0.998. The number of nitrogens with one attached hydrogen (secondary N) is 1. The third-order valence-corrected chi connectivity index (χ3v) is 9.91. The van der Waals surface area contributed by atoms with Gasteiger partial charge >= 0.3 is 0 Å². The van der Waals surface area contributed by atoms with Gasteiger partial charge in [0.25, 0.3) is 0 Å². The average molecular weight is 599 g/mol. The molecule has 1 saturated carbocycles. The van der Waals surface area contributed by atoms with E-state index < -0.39 is 0 Å². The van der Waals surface area contributed by atoms with E-state index in [4.69, 9.17) is 9.57 Å². The van der Waals surface area contributed by atoms with Crippen LogP contribution in [0.25, 0.3) is 0 Å². The molecule has 234 valence electrons. The fraction of sp³-hybridized carbons (Fsp3) is 0.559. The number of hydroxylamine groups is 1. The van der Waals surface area contributed by atoms with Gasteiger partial charge in [-0.1, -0.05) is 6.07 Å². The summed E-state index contributed by atoms with van der Waals surface area (Å²) in [4.78, 5) is 27.4. The third-order valence-electron chi connectivity index (χ3n) is 9.91. The molecular formula is C34H46N8O2. The van der Waals surface area contributed by atoms with Gasteiger partial charge in [-0.3, -0.25) is 19.6 Å². The molecule has 2 atom stereocenters. The molecule has 5 heterocycles. The van der Waals surface area contributed by atoms with Gasteiger partial charge in [0.05, 0.1) is 25.4 Å². The average Bonchev–Trinajstić information content (AvgIpc) is 3.79. The van der Waals surface area contributed by atoms with E-state index in [0.717, 1.165) is 49.2 Å². The normalized spacial score (nSPS) is 23.7. The number of pyridine rings is 1. The highest BCUT2D eigenvalue weighted by atomic mass is 16.7. The SMILES string of the molecule is COc1cc(N2CCC(N3CCN(C4CC4)[C@@H](C)C3)CC2)c(C)cc1Nc1cc(N2OCC[C@@H]2Cc2cccnc2)ncn1. The lowest BCUT2D eigenvalue weighted by Gasteiger charge is -2.46. The second kappa shape index (κ2) is 12.9. The van der Waals surface area contributed by atoms with Crippen molar-refractivity contribution in [3.63, 3.8) is 0 Å². The van der Waals surface area contributed by atoms with E-state index in [2.05, 4.69) is 67.0 Å². The molecule has 1 N–H and O–H groups in total. The predicted octanol–water partition coefficient (Wildman–Crippen LogP) is 4.82. The van der Waals surface area contributed by atoms with Crippen molar-refractivity contribution >= 4 is 23.0 Å². The number of hydrogen-bond donors (Lipinski definition) is 1. The van der Waals surface area contributed by atoms with Crippen LogP contribution < -0.4 is 20.0 Å². The summed E-state index contributed by atoms with van der Waals surface area (Å²) in [7, 11) is 1.74. The number of methoxy groups -OCH3 is 1. The zero-order valence-corrected chi connectivity index (χ0v) is 26.4. The lowest BCUT2D eigenvalue weighted by Crippen LogP contribution is -2.57. The minimum Gasteiger partial charge on any atom is -0.494 e. The summed E-state index contributed by atoms with van der Waals surface area (Å²) in [6.45, 7) is 11.1. The van der Waals surface area contributed by atoms with Crippen molar-refractivity contribution in [3.8, 4) is 5.75 Å². The van der Waals surface area contributed by atoms with E-state index in [-0.39, 0.29) is 6.04 Å². The number of anilines is 4. The van der Waals surface area contributed by atoms with Crippen molar-refractivity contribution in [2.75, 3.05) is 61.7 Å². The number of benzene rings is 1. The molecule has 7 rings (SSSR count). The Labute approximate surface area is 261 Å². The molecule has 44 heavy (non-hydrogen) atoms. The highest BCUT2D eigenvalue weighted by Crippen LogP contribution is 2.37. The fourth-order valence-corrected chi connectivity index (χ4v) is 7.45. The van der Waals surface area contributed by atoms with Crippen molar-refractivity contribution in [3.05, 3.63) is 60.2 Å². The zero-order valence-electron chi connectivity index (χ0n) is 26.4. The highest BCUT2D eigenvalue weighted by molar-refractivity contribution is 5.72. The minimum atomic E-state index is 0.193. The Kier molecular flexibility index (Phi) is 8.56. The zero-order chi connectivity index (χ0) is 30.0. The van der Waals surface area contributed by atoms with Crippen LogP contribution in [0.1, 0.15) is 50.2 Å². The van der Waals surface area contributed by atoms with Gasteiger partial charge in [-0.15, -0.1) is 0 Å². The maximum Gasteiger partial charge on any atom is 0.158 e. The van der Waals surface area contributed by atoms with Crippen LogP contribution in [0.5, 0.6) is 5.75 Å². The summed E-state index contributed by atoms with van der Waals surface area (Å²) in [6.07, 6.45) is 12.3. The second-order valence-corrected chi connectivity index (χ2v) is 12.9. The molecule has 0 radical (unpaired) electrons. The van der Waals surface area contributed by atoms with Crippen LogP contribution in [0.3, 0.4) is 0 Å². The van der Waals surface area contributed by atoms with Gasteiger partial charge in [0.2, 0.25) is 0 Å². The molecule has 3 aliphatic heterocycles. The van der Waals surface area contributed by atoms with E-state index in [0.29, 0.717) is 24.5 Å². The Bertz CT molecular complexity index is 1410. The van der Waals surface area contributed by atoms with Crippen molar-refractivity contribution in [1.82, 2.24) is 24.8 Å². The van der Waals surface area contributed by atoms with Gasteiger partial charge in [0.15, 0.2) is 5.82 Å². The van der Waals surface area contributed by atoms with Crippen LogP contribution in [0.15, 0.2) is 49.1 Å². The van der Waals surface area contributed by atoms with Crippen molar-refractivity contribution in [2.45, 2.75) is 76.5 Å². The third kappa shape index (κ3) is 6.34. The number of piperazine rings is 1. The fourth-order valence-electron chi connectivity index (χ4n) is 7.45. The van der Waals surface area contributed by atoms with Crippen molar-refractivity contribution in [2.24, 2.45) is 0 Å². The lowest BCUT2D eigenvalue weighted by molar-refractivity contribution is 0.0429. The molecule has 4 aliphatic rings. The summed E-state index contributed by atoms with van der Waals surface area (Å²) < 4.78 is 5.89. The molecule has 0 spiro atoms. The molecule has 0 amide bonds. The van der Waals surface area contributed by atoms with Crippen LogP contribution in [-0.2, 0) is 11.3 Å². The molecule has 3 saturated heterocycles. The molecule has 10 nitrogen and oxygen atoms in total. The molecule has 10 heteroatoms. The van der Waals surface area contributed by atoms with Crippen LogP contribution in [0.2, 0.25) is 0 Å². The van der Waals surface area contributed by atoms with E-state index in [1.807, 2.05) is 23.4 Å². The minimum absolute atomic E-state index is 0.193. The van der Waals surface area contributed by atoms with E-state index >= 15 is 0 Å². The van der Waals surface area contributed by atoms with E-state index in [9.17, 15) is 0 Å². The van der Waals surface area contributed by atoms with Crippen LogP contribution in [-0.4, -0.2) is 95.4 Å². The topological polar surface area (TPSA) is 82.1 Å². The Morgan fingerprint density at radius 1 is 1.00 bits per heavy atom. The molecule has 4 fully saturated rings. The van der Waals surface area contributed by atoms with Gasteiger partial charge in [0.1, 0.15) is 17.9 Å². The van der Waals surface area contributed by atoms with Gasteiger partial charge in [0, 0.05) is 81.1 Å². The lowest BCUT2D eigenvalue weighted by atomic mass is 9.99. The Morgan fingerprint density at radius 3 is 2.61 bits per heavy atom. The molecule has 3 aromatic rings. The standard InChI is InChI=1S/C34H46N8O2/c1-24-17-30(38-33-20-34(37-23-36-33)42-29(10-16-44-42)18-26-5-4-11-35-21-26)32(43-3)19-31(24)39-12-8-27(9-13-39)40-14-15-41(25(2)22-40)28-6-7-28/h4-5,11,17,19-21,23,25,27-29H,6-10,12-16,18,22H2,1-3H3,(H,36,37,38)/t25-,29+/m0/s1. The molecule has 1 aliphatic carbocycles. The number of aromatic nitrogens is 3. The monoisotopic (exact) mass is 598 g/mol. The summed E-state index contributed by atoms with van der Waals surface area (Å²) in [5.74, 6) is 2.25. The van der Waals surface area contributed by atoms with Crippen LogP contribution in [0.4, 0.5) is 23.0 Å². The first kappa shape index (κ1) is 29.3. The number of ether oxygens (including phenoxy) is 1. The van der Waals surface area contributed by atoms with Gasteiger partial charge in [-0.2, -0.15) is 0 Å². The van der Waals surface area contributed by atoms with Gasteiger partial charge in [-0.05, 0) is 75.6 Å². The number of aryl methyl sites for hydroxylation is 1. The summed E-state index contributed by atoms with van der Waals surface area (Å²) in [5, 5.41) is 5.41.